The van der Waals surface area contributed by atoms with Crippen LogP contribution in [0, 0.1) is 13.8 Å². The number of carbonyl (C=O) groups is 1. The molecule has 0 saturated carbocycles. The van der Waals surface area contributed by atoms with E-state index in [1.54, 1.807) is 80.6 Å². The molecule has 1 unspecified atom stereocenters. The van der Waals surface area contributed by atoms with Crippen LogP contribution in [0.1, 0.15) is 27.0 Å². The predicted octanol–water partition coefficient (Wildman–Crippen LogP) is 5.09. The van der Waals surface area contributed by atoms with Gasteiger partial charge in [-0.05, 0) is 49.2 Å². The maximum absolute atomic E-state index is 12.6. The fourth-order valence-electron chi connectivity index (χ4n) is 2.73. The summed E-state index contributed by atoms with van der Waals surface area (Å²) in [6.45, 7) is 3.43. The SMILES string of the molecule is Cc1cc(C(=O)c2ccccc2)cc(C)c1OP(=O)(O)Oc1ccccc1. The average Bonchev–Trinajstić information content (AvgIpc) is 2.65. The standard InChI is InChI=1S/C21H19O5P/c1-15-13-18(20(22)17-9-5-3-6-10-17)14-16(2)21(15)26-27(23,24)25-19-11-7-4-8-12-19/h3-14H,1-2H3,(H,23,24). The molecule has 0 spiro atoms. The van der Waals surface area contributed by atoms with E-state index in [2.05, 4.69) is 0 Å². The highest BCUT2D eigenvalue weighted by molar-refractivity contribution is 7.48. The van der Waals surface area contributed by atoms with Gasteiger partial charge in [0.05, 0.1) is 0 Å². The van der Waals surface area contributed by atoms with Gasteiger partial charge in [0.15, 0.2) is 5.78 Å². The fourth-order valence-corrected chi connectivity index (χ4v) is 3.67. The third kappa shape index (κ3) is 4.64. The molecule has 1 atom stereocenters. The molecule has 0 aromatic heterocycles. The van der Waals surface area contributed by atoms with Crippen LogP contribution in [0.4, 0.5) is 0 Å². The number of benzene rings is 3. The van der Waals surface area contributed by atoms with Crippen LogP contribution in [0.2, 0.25) is 0 Å². The van der Waals surface area contributed by atoms with Crippen molar-refractivity contribution in [2.75, 3.05) is 0 Å². The van der Waals surface area contributed by atoms with Gasteiger partial charge in [0.2, 0.25) is 0 Å². The molecule has 0 amide bonds. The van der Waals surface area contributed by atoms with Gasteiger partial charge in [0.25, 0.3) is 0 Å². The Balaban J connectivity index is 1.85. The molecule has 0 aliphatic rings. The molecule has 138 valence electrons. The van der Waals surface area contributed by atoms with Crippen molar-refractivity contribution in [1.82, 2.24) is 0 Å². The fraction of sp³-hybridized carbons (Fsp3) is 0.0952. The van der Waals surface area contributed by atoms with Crippen LogP contribution in [0.3, 0.4) is 0 Å². The minimum Gasteiger partial charge on any atom is -0.395 e. The molecule has 0 aliphatic carbocycles. The Hall–Kier alpha value is -2.88. The van der Waals surface area contributed by atoms with Crippen molar-refractivity contribution in [2.45, 2.75) is 13.8 Å². The van der Waals surface area contributed by atoms with Crippen LogP contribution in [0.25, 0.3) is 0 Å². The average molecular weight is 382 g/mol. The Kier molecular flexibility index (Phi) is 5.45. The summed E-state index contributed by atoms with van der Waals surface area (Å²) in [6.07, 6.45) is 0. The zero-order chi connectivity index (χ0) is 19.4. The lowest BCUT2D eigenvalue weighted by Gasteiger charge is -2.17. The van der Waals surface area contributed by atoms with E-state index < -0.39 is 7.82 Å². The van der Waals surface area contributed by atoms with Crippen molar-refractivity contribution in [3.8, 4) is 11.5 Å². The summed E-state index contributed by atoms with van der Waals surface area (Å²) in [5.41, 5.74) is 2.20. The third-order valence-corrected chi connectivity index (χ3v) is 4.78. The number of hydrogen-bond acceptors (Lipinski definition) is 4. The van der Waals surface area contributed by atoms with Gasteiger partial charge in [-0.2, -0.15) is 0 Å². The molecule has 3 rings (SSSR count). The summed E-state index contributed by atoms with van der Waals surface area (Å²) in [4.78, 5) is 22.7. The molecule has 0 aliphatic heterocycles. The summed E-state index contributed by atoms with van der Waals surface area (Å²) in [6, 6.07) is 20.5. The molecule has 0 radical (unpaired) electrons. The Morgan fingerprint density at radius 2 is 1.33 bits per heavy atom. The van der Waals surface area contributed by atoms with E-state index in [0.717, 1.165) is 0 Å². The molecule has 0 fully saturated rings. The quantitative estimate of drug-likeness (QED) is 0.475. The summed E-state index contributed by atoms with van der Waals surface area (Å²) in [7, 11) is -4.37. The van der Waals surface area contributed by atoms with Crippen molar-refractivity contribution >= 4 is 13.6 Å². The van der Waals surface area contributed by atoms with E-state index in [4.69, 9.17) is 9.05 Å². The highest BCUT2D eigenvalue weighted by Gasteiger charge is 2.27. The van der Waals surface area contributed by atoms with Crippen molar-refractivity contribution < 1.29 is 23.3 Å². The van der Waals surface area contributed by atoms with E-state index in [9.17, 15) is 14.3 Å². The highest BCUT2D eigenvalue weighted by Crippen LogP contribution is 2.46. The highest BCUT2D eigenvalue weighted by atomic mass is 31.2. The van der Waals surface area contributed by atoms with Gasteiger partial charge >= 0.3 is 7.82 Å². The molecule has 6 heteroatoms. The van der Waals surface area contributed by atoms with E-state index >= 15 is 0 Å². The smallest absolute Gasteiger partial charge is 0.395 e. The number of carbonyl (C=O) groups excluding carboxylic acids is 1. The Bertz CT molecular complexity index is 977. The maximum atomic E-state index is 12.6. The molecule has 3 aromatic rings. The van der Waals surface area contributed by atoms with Crippen LogP contribution in [-0.4, -0.2) is 10.7 Å². The minimum atomic E-state index is -4.37. The van der Waals surface area contributed by atoms with Crippen molar-refractivity contribution in [1.29, 1.82) is 0 Å². The van der Waals surface area contributed by atoms with E-state index in [-0.39, 0.29) is 17.3 Å². The van der Waals surface area contributed by atoms with E-state index in [1.807, 2.05) is 6.07 Å². The second-order valence-electron chi connectivity index (χ2n) is 6.10. The Labute approximate surface area is 157 Å². The van der Waals surface area contributed by atoms with Gasteiger partial charge in [0, 0.05) is 11.1 Å². The Morgan fingerprint density at radius 3 is 1.89 bits per heavy atom. The molecular weight excluding hydrogens is 363 g/mol. The maximum Gasteiger partial charge on any atom is 0.584 e. The topological polar surface area (TPSA) is 72.8 Å². The summed E-state index contributed by atoms with van der Waals surface area (Å²) in [5.74, 6) is 0.331. The molecule has 3 aromatic carbocycles. The molecular formula is C21H19O5P. The lowest BCUT2D eigenvalue weighted by atomic mass is 9.99. The lowest BCUT2D eigenvalue weighted by Crippen LogP contribution is -2.05. The molecule has 0 saturated heterocycles. The van der Waals surface area contributed by atoms with Gasteiger partial charge < -0.3 is 9.05 Å². The Morgan fingerprint density at radius 1 is 0.815 bits per heavy atom. The minimum absolute atomic E-state index is 0.124. The van der Waals surface area contributed by atoms with Crippen molar-refractivity contribution in [3.63, 3.8) is 0 Å². The number of para-hydroxylation sites is 1. The molecule has 27 heavy (non-hydrogen) atoms. The summed E-state index contributed by atoms with van der Waals surface area (Å²) >= 11 is 0. The van der Waals surface area contributed by atoms with Gasteiger partial charge in [0.1, 0.15) is 11.5 Å². The number of aryl methyl sites for hydroxylation is 2. The first kappa shape index (κ1) is 18.9. The monoisotopic (exact) mass is 382 g/mol. The van der Waals surface area contributed by atoms with Gasteiger partial charge in [-0.1, -0.05) is 48.5 Å². The van der Waals surface area contributed by atoms with Gasteiger partial charge in [-0.15, -0.1) is 0 Å². The number of hydrogen-bond donors (Lipinski definition) is 1. The molecule has 0 heterocycles. The van der Waals surface area contributed by atoms with Crippen LogP contribution < -0.4 is 9.05 Å². The number of rotatable bonds is 6. The van der Waals surface area contributed by atoms with Crippen molar-refractivity contribution in [3.05, 3.63) is 95.1 Å². The third-order valence-electron chi connectivity index (χ3n) is 3.93. The second kappa shape index (κ2) is 7.78. The van der Waals surface area contributed by atoms with Crippen LogP contribution in [0.5, 0.6) is 11.5 Å². The largest absolute Gasteiger partial charge is 0.584 e. The summed E-state index contributed by atoms with van der Waals surface area (Å²) < 4.78 is 22.7. The number of ketones is 1. The number of phosphoric ester groups is 1. The van der Waals surface area contributed by atoms with Gasteiger partial charge in [-0.3, -0.25) is 9.69 Å². The number of phosphoric acid groups is 1. The molecule has 5 nitrogen and oxygen atoms in total. The first-order valence-electron chi connectivity index (χ1n) is 8.34. The first-order chi connectivity index (χ1) is 12.9. The zero-order valence-corrected chi connectivity index (χ0v) is 15.9. The normalized spacial score (nSPS) is 12.9. The van der Waals surface area contributed by atoms with Crippen LogP contribution >= 0.6 is 7.82 Å². The van der Waals surface area contributed by atoms with Gasteiger partial charge in [-0.25, -0.2) is 4.57 Å². The van der Waals surface area contributed by atoms with Crippen LogP contribution in [-0.2, 0) is 4.57 Å². The first-order valence-corrected chi connectivity index (χ1v) is 9.83. The second-order valence-corrected chi connectivity index (χ2v) is 7.40. The van der Waals surface area contributed by atoms with Crippen molar-refractivity contribution in [2.24, 2.45) is 0 Å². The zero-order valence-electron chi connectivity index (χ0n) is 15.0. The summed E-state index contributed by atoms with van der Waals surface area (Å²) in [5, 5.41) is 0. The van der Waals surface area contributed by atoms with Crippen LogP contribution in [0.15, 0.2) is 72.8 Å². The predicted molar refractivity (Wildman–Crippen MR) is 103 cm³/mol. The van der Waals surface area contributed by atoms with E-state index in [1.165, 1.54) is 0 Å². The molecule has 0 bridgehead atoms. The molecule has 1 N–H and O–H groups in total. The van der Waals surface area contributed by atoms with E-state index in [0.29, 0.717) is 22.3 Å². The lowest BCUT2D eigenvalue weighted by molar-refractivity contribution is 0.103.